The van der Waals surface area contributed by atoms with Crippen molar-refractivity contribution in [2.24, 2.45) is 10.9 Å². The van der Waals surface area contributed by atoms with Gasteiger partial charge in [0.2, 0.25) is 0 Å². The number of hydrogen-bond acceptors (Lipinski definition) is 4. The molecule has 0 radical (unpaired) electrons. The van der Waals surface area contributed by atoms with E-state index in [4.69, 9.17) is 0 Å². The van der Waals surface area contributed by atoms with Crippen molar-refractivity contribution in [2.45, 2.75) is 13.8 Å². The maximum atomic E-state index is 14.0. The van der Waals surface area contributed by atoms with E-state index in [0.29, 0.717) is 22.2 Å². The number of rotatable bonds is 4. The molecule has 7 heteroatoms. The van der Waals surface area contributed by atoms with Gasteiger partial charge < -0.3 is 5.11 Å². The molecule has 0 aromatic heterocycles. The number of thioether (sulfide) groups is 1. The number of aromatic hydroxyl groups is 1. The highest BCUT2D eigenvalue weighted by atomic mass is 32.2. The van der Waals surface area contributed by atoms with Crippen LogP contribution in [0.15, 0.2) is 52.4 Å². The number of carbonyl (C=O) groups is 1. The van der Waals surface area contributed by atoms with Gasteiger partial charge in [-0.1, -0.05) is 26.0 Å². The minimum atomic E-state index is -0.787. The minimum Gasteiger partial charge on any atom is -0.508 e. The lowest BCUT2D eigenvalue weighted by Crippen LogP contribution is -2.32. The number of amidine groups is 1. The Morgan fingerprint density at radius 2 is 2.00 bits per heavy atom. The molecule has 0 bridgehead atoms. The Kier molecular flexibility index (Phi) is 5.60. The van der Waals surface area contributed by atoms with Gasteiger partial charge >= 0.3 is 0 Å². The van der Waals surface area contributed by atoms with E-state index in [-0.39, 0.29) is 23.3 Å². The van der Waals surface area contributed by atoms with Gasteiger partial charge in [-0.15, -0.1) is 0 Å². The molecule has 2 aromatic rings. The van der Waals surface area contributed by atoms with Crippen molar-refractivity contribution in [1.82, 2.24) is 4.90 Å². The third kappa shape index (κ3) is 4.54. The number of nitrogens with zero attached hydrogens (tertiary/aromatic N) is 2. The van der Waals surface area contributed by atoms with Gasteiger partial charge in [0, 0.05) is 12.6 Å². The Labute approximate surface area is 160 Å². The van der Waals surface area contributed by atoms with Crippen molar-refractivity contribution in [3.8, 4) is 5.75 Å². The standard InChI is InChI=1S/C20H18F2N2O2S/c1-12(2)11-24-19(26)18(9-13-4-3-5-15(25)8-13)27-20(24)23-17-7-6-14(21)10-16(17)22/h3-10,12,25H,11H2,1-2H3/b18-9+,23-20?. The van der Waals surface area contributed by atoms with E-state index in [2.05, 4.69) is 4.99 Å². The highest BCUT2D eigenvalue weighted by Crippen LogP contribution is 2.35. The molecule has 1 heterocycles. The maximum Gasteiger partial charge on any atom is 0.266 e. The van der Waals surface area contributed by atoms with E-state index in [1.54, 1.807) is 30.3 Å². The van der Waals surface area contributed by atoms with Crippen LogP contribution >= 0.6 is 11.8 Å². The summed E-state index contributed by atoms with van der Waals surface area (Å²) in [5.41, 5.74) is 0.642. The second-order valence-electron chi connectivity index (χ2n) is 6.51. The zero-order valence-corrected chi connectivity index (χ0v) is 15.6. The van der Waals surface area contributed by atoms with Crippen LogP contribution in [0.3, 0.4) is 0 Å². The highest BCUT2D eigenvalue weighted by Gasteiger charge is 2.34. The summed E-state index contributed by atoms with van der Waals surface area (Å²) in [7, 11) is 0. The molecule has 3 rings (SSSR count). The van der Waals surface area contributed by atoms with Crippen molar-refractivity contribution in [3.63, 3.8) is 0 Å². The maximum absolute atomic E-state index is 14.0. The Morgan fingerprint density at radius 1 is 1.22 bits per heavy atom. The second-order valence-corrected chi connectivity index (χ2v) is 7.51. The first-order valence-electron chi connectivity index (χ1n) is 8.37. The number of hydrogen-bond donors (Lipinski definition) is 1. The van der Waals surface area contributed by atoms with Gasteiger partial charge in [-0.2, -0.15) is 0 Å². The molecule has 1 saturated heterocycles. The molecule has 2 aromatic carbocycles. The Bertz CT molecular complexity index is 941. The topological polar surface area (TPSA) is 52.9 Å². The van der Waals surface area contributed by atoms with Crippen molar-refractivity contribution in [1.29, 1.82) is 0 Å². The lowest BCUT2D eigenvalue weighted by molar-refractivity contribution is -0.122. The van der Waals surface area contributed by atoms with Crippen LogP contribution in [0.25, 0.3) is 6.08 Å². The zero-order valence-electron chi connectivity index (χ0n) is 14.8. The largest absolute Gasteiger partial charge is 0.508 e. The Morgan fingerprint density at radius 3 is 2.67 bits per heavy atom. The lowest BCUT2D eigenvalue weighted by atomic mass is 10.2. The number of carbonyl (C=O) groups excluding carboxylic acids is 1. The monoisotopic (exact) mass is 388 g/mol. The third-order valence-corrected chi connectivity index (χ3v) is 4.74. The summed E-state index contributed by atoms with van der Waals surface area (Å²) >= 11 is 1.12. The molecule has 4 nitrogen and oxygen atoms in total. The normalized spacial score (nSPS) is 17.5. The first-order chi connectivity index (χ1) is 12.8. The first kappa shape index (κ1) is 19.1. The number of phenolic OH excluding ortho intramolecular Hbond substituents is 1. The van der Waals surface area contributed by atoms with Crippen molar-refractivity contribution >= 4 is 34.6 Å². The van der Waals surface area contributed by atoms with Crippen LogP contribution < -0.4 is 0 Å². The molecule has 0 atom stereocenters. The van der Waals surface area contributed by atoms with Crippen molar-refractivity contribution in [3.05, 3.63) is 64.6 Å². The molecule has 0 spiro atoms. The van der Waals surface area contributed by atoms with Gasteiger partial charge in [0.05, 0.1) is 4.91 Å². The fourth-order valence-corrected chi connectivity index (χ4v) is 3.56. The van der Waals surface area contributed by atoms with Gasteiger partial charge in [-0.25, -0.2) is 13.8 Å². The zero-order chi connectivity index (χ0) is 19.6. The summed E-state index contributed by atoms with van der Waals surface area (Å²) in [6.07, 6.45) is 1.66. The van der Waals surface area contributed by atoms with Crippen molar-refractivity contribution in [2.75, 3.05) is 6.54 Å². The fraction of sp³-hybridized carbons (Fsp3) is 0.200. The van der Waals surface area contributed by atoms with Gasteiger partial charge in [-0.05, 0) is 53.6 Å². The van der Waals surface area contributed by atoms with Crippen LogP contribution in [0.2, 0.25) is 0 Å². The molecule has 27 heavy (non-hydrogen) atoms. The molecule has 1 aliphatic rings. The molecular weight excluding hydrogens is 370 g/mol. The SMILES string of the molecule is CC(C)CN1C(=O)/C(=C\c2cccc(O)c2)SC1=Nc1ccc(F)cc1F. The Hall–Kier alpha value is -2.67. The number of benzene rings is 2. The van der Waals surface area contributed by atoms with E-state index < -0.39 is 11.6 Å². The summed E-state index contributed by atoms with van der Waals surface area (Å²) < 4.78 is 27.1. The molecular formula is C20H18F2N2O2S. The average molecular weight is 388 g/mol. The predicted octanol–water partition coefficient (Wildman–Crippen LogP) is 4.93. The summed E-state index contributed by atoms with van der Waals surface area (Å²) in [4.78, 5) is 19.0. The van der Waals surface area contributed by atoms with Crippen LogP contribution in [0.1, 0.15) is 19.4 Å². The van der Waals surface area contributed by atoms with Gasteiger partial charge in [-0.3, -0.25) is 9.69 Å². The summed E-state index contributed by atoms with van der Waals surface area (Å²) in [5.74, 6) is -1.43. The van der Waals surface area contributed by atoms with E-state index in [1.807, 2.05) is 13.8 Å². The number of amides is 1. The quantitative estimate of drug-likeness (QED) is 0.756. The number of halogens is 2. The molecule has 140 valence electrons. The molecule has 1 N–H and O–H groups in total. The Balaban J connectivity index is 1.99. The predicted molar refractivity (Wildman–Crippen MR) is 104 cm³/mol. The van der Waals surface area contributed by atoms with Crippen LogP contribution in [0.4, 0.5) is 14.5 Å². The van der Waals surface area contributed by atoms with Crippen LogP contribution in [-0.4, -0.2) is 27.6 Å². The average Bonchev–Trinajstić information content (AvgIpc) is 2.86. The van der Waals surface area contributed by atoms with E-state index >= 15 is 0 Å². The van der Waals surface area contributed by atoms with E-state index in [1.165, 1.54) is 11.0 Å². The summed E-state index contributed by atoms with van der Waals surface area (Å²) in [5, 5.41) is 9.93. The molecule has 0 saturated carbocycles. The smallest absolute Gasteiger partial charge is 0.266 e. The summed E-state index contributed by atoms with van der Waals surface area (Å²) in [6, 6.07) is 9.66. The van der Waals surface area contributed by atoms with Crippen LogP contribution in [0.5, 0.6) is 5.75 Å². The van der Waals surface area contributed by atoms with Gasteiger partial charge in [0.15, 0.2) is 11.0 Å². The number of aliphatic imine (C=N–C) groups is 1. The number of phenols is 1. The van der Waals surface area contributed by atoms with Crippen molar-refractivity contribution < 1.29 is 18.7 Å². The van der Waals surface area contributed by atoms with Gasteiger partial charge in [0.1, 0.15) is 17.3 Å². The minimum absolute atomic E-state index is 0.0286. The summed E-state index contributed by atoms with van der Waals surface area (Å²) in [6.45, 7) is 4.35. The third-order valence-electron chi connectivity index (χ3n) is 3.73. The molecule has 1 aliphatic heterocycles. The second kappa shape index (κ2) is 7.92. The van der Waals surface area contributed by atoms with Gasteiger partial charge in [0.25, 0.3) is 5.91 Å². The molecule has 0 aliphatic carbocycles. The van der Waals surface area contributed by atoms with E-state index in [9.17, 15) is 18.7 Å². The molecule has 0 unspecified atom stereocenters. The first-order valence-corrected chi connectivity index (χ1v) is 9.19. The molecule has 1 fully saturated rings. The molecule has 1 amide bonds. The van der Waals surface area contributed by atoms with E-state index in [0.717, 1.165) is 23.9 Å². The van der Waals surface area contributed by atoms with Crippen LogP contribution in [0, 0.1) is 17.6 Å². The lowest BCUT2D eigenvalue weighted by Gasteiger charge is -2.17. The highest BCUT2D eigenvalue weighted by molar-refractivity contribution is 8.18. The van der Waals surface area contributed by atoms with Crippen LogP contribution in [-0.2, 0) is 4.79 Å². The fourth-order valence-electron chi connectivity index (χ4n) is 2.56.